The molecular formula is C21H40N2O. The van der Waals surface area contributed by atoms with Crippen molar-refractivity contribution in [3.05, 3.63) is 12.2 Å². The number of aliphatic imine (C=N–C) groups is 1. The highest BCUT2D eigenvalue weighted by Gasteiger charge is 2.16. The first kappa shape index (κ1) is 21.4. The maximum absolute atomic E-state index is 9.02. The van der Waals surface area contributed by atoms with E-state index in [1.165, 1.54) is 77.0 Å². The number of unbranched alkanes of at least 4 members (excludes halogenated alkanes) is 12. The lowest BCUT2D eigenvalue weighted by atomic mass is 10.0. The fraction of sp³-hybridized carbons (Fsp3) is 0.857. The fourth-order valence-corrected chi connectivity index (χ4v) is 3.31. The highest BCUT2D eigenvalue weighted by atomic mass is 16.3. The van der Waals surface area contributed by atoms with Gasteiger partial charge in [-0.3, -0.25) is 9.89 Å². The minimum atomic E-state index is 0.162. The molecular weight excluding hydrogens is 296 g/mol. The van der Waals surface area contributed by atoms with E-state index in [1.807, 2.05) is 6.21 Å². The lowest BCUT2D eigenvalue weighted by Gasteiger charge is -2.18. The smallest absolute Gasteiger partial charge is 0.121 e. The number of hydrogen-bond donors (Lipinski definition) is 1. The molecule has 1 N–H and O–H groups in total. The van der Waals surface area contributed by atoms with Crippen LogP contribution < -0.4 is 0 Å². The summed E-state index contributed by atoms with van der Waals surface area (Å²) in [4.78, 5) is 6.63. The summed E-state index contributed by atoms with van der Waals surface area (Å²) < 4.78 is 0. The van der Waals surface area contributed by atoms with E-state index >= 15 is 0 Å². The molecule has 24 heavy (non-hydrogen) atoms. The molecule has 0 radical (unpaired) electrons. The number of aliphatic hydroxyl groups excluding tert-OH is 1. The Hall–Kier alpha value is -0.670. The van der Waals surface area contributed by atoms with Crippen LogP contribution in [0.5, 0.6) is 0 Å². The van der Waals surface area contributed by atoms with Crippen LogP contribution in [-0.4, -0.2) is 42.1 Å². The number of rotatable bonds is 16. The van der Waals surface area contributed by atoms with Gasteiger partial charge < -0.3 is 5.11 Å². The molecule has 3 heteroatoms. The van der Waals surface area contributed by atoms with Gasteiger partial charge in [0.2, 0.25) is 0 Å². The Morgan fingerprint density at radius 2 is 1.54 bits per heavy atom. The Morgan fingerprint density at radius 3 is 2.12 bits per heavy atom. The van der Waals surface area contributed by atoms with Gasteiger partial charge in [-0.05, 0) is 18.9 Å². The summed E-state index contributed by atoms with van der Waals surface area (Å²) in [7, 11) is 0. The fourth-order valence-electron chi connectivity index (χ4n) is 3.31. The third kappa shape index (κ3) is 11.0. The predicted molar refractivity (Wildman–Crippen MR) is 106 cm³/mol. The van der Waals surface area contributed by atoms with E-state index in [0.717, 1.165) is 13.0 Å². The maximum Gasteiger partial charge on any atom is 0.121 e. The van der Waals surface area contributed by atoms with Gasteiger partial charge in [-0.25, -0.2) is 0 Å². The topological polar surface area (TPSA) is 35.8 Å². The second-order valence-corrected chi connectivity index (χ2v) is 7.07. The van der Waals surface area contributed by atoms with Crippen LogP contribution in [0.25, 0.3) is 0 Å². The van der Waals surface area contributed by atoms with Crippen LogP contribution in [-0.2, 0) is 0 Å². The zero-order valence-electron chi connectivity index (χ0n) is 16.0. The number of β-amino-alcohol motifs (C(OH)–C–C–N with tert-alkyl or cyclic N) is 1. The second kappa shape index (κ2) is 15.8. The Morgan fingerprint density at radius 1 is 0.958 bits per heavy atom. The van der Waals surface area contributed by atoms with Gasteiger partial charge in [0, 0.05) is 19.3 Å². The van der Waals surface area contributed by atoms with Crippen molar-refractivity contribution in [3.8, 4) is 0 Å². The zero-order valence-corrected chi connectivity index (χ0v) is 16.0. The van der Waals surface area contributed by atoms with E-state index in [-0.39, 0.29) is 12.8 Å². The minimum Gasteiger partial charge on any atom is -0.395 e. The molecule has 1 unspecified atom stereocenters. The monoisotopic (exact) mass is 336 g/mol. The summed E-state index contributed by atoms with van der Waals surface area (Å²) in [5, 5.41) is 9.02. The molecule has 0 aromatic carbocycles. The van der Waals surface area contributed by atoms with Crippen molar-refractivity contribution in [1.82, 2.24) is 4.90 Å². The molecule has 1 heterocycles. The summed E-state index contributed by atoms with van der Waals surface area (Å²) in [6, 6.07) is 0. The first-order valence-corrected chi connectivity index (χ1v) is 10.4. The molecule has 0 aromatic heterocycles. The van der Waals surface area contributed by atoms with E-state index < -0.39 is 0 Å². The van der Waals surface area contributed by atoms with Crippen molar-refractivity contribution in [3.63, 3.8) is 0 Å². The largest absolute Gasteiger partial charge is 0.395 e. The highest BCUT2D eigenvalue weighted by Crippen LogP contribution is 2.13. The number of allylic oxidation sites excluding steroid dienone is 1. The normalized spacial score (nSPS) is 18.2. The van der Waals surface area contributed by atoms with Gasteiger partial charge in [0.25, 0.3) is 0 Å². The van der Waals surface area contributed by atoms with E-state index in [9.17, 15) is 0 Å². The van der Waals surface area contributed by atoms with Crippen molar-refractivity contribution < 1.29 is 5.11 Å². The summed E-state index contributed by atoms with van der Waals surface area (Å²) in [5.41, 5.74) is 0. The lowest BCUT2D eigenvalue weighted by molar-refractivity contribution is 0.201. The molecule has 0 aromatic rings. The summed E-state index contributed by atoms with van der Waals surface area (Å²) in [5.74, 6) is 0. The second-order valence-electron chi connectivity index (χ2n) is 7.07. The number of hydrogen-bond acceptors (Lipinski definition) is 3. The molecule has 140 valence electrons. The molecule has 0 fully saturated rings. The molecule has 3 nitrogen and oxygen atoms in total. The molecule has 0 saturated heterocycles. The SMILES string of the molecule is CCCCCCCCCCCCCC/C=C/C1N=CCN1CCO. The van der Waals surface area contributed by atoms with Gasteiger partial charge in [0.05, 0.1) is 6.61 Å². The van der Waals surface area contributed by atoms with Gasteiger partial charge in [0.1, 0.15) is 6.17 Å². The van der Waals surface area contributed by atoms with Crippen molar-refractivity contribution >= 4 is 6.21 Å². The highest BCUT2D eigenvalue weighted by molar-refractivity contribution is 5.62. The lowest BCUT2D eigenvalue weighted by Crippen LogP contribution is -2.31. The van der Waals surface area contributed by atoms with Gasteiger partial charge >= 0.3 is 0 Å². The van der Waals surface area contributed by atoms with Crippen LogP contribution >= 0.6 is 0 Å². The van der Waals surface area contributed by atoms with Gasteiger partial charge in [0.15, 0.2) is 0 Å². The van der Waals surface area contributed by atoms with Gasteiger partial charge in [-0.15, -0.1) is 0 Å². The standard InChI is InChI=1S/C21H40N2O/c1-2-3-4-5-6-7-8-9-10-11-12-13-14-15-16-21-22-17-18-23(21)19-20-24/h15-17,21,24H,2-14,18-20H2,1H3/b16-15+. The summed E-state index contributed by atoms with van der Waals surface area (Å²) in [6.07, 6.45) is 24.6. The summed E-state index contributed by atoms with van der Waals surface area (Å²) >= 11 is 0. The number of aliphatic hydroxyl groups is 1. The van der Waals surface area contributed by atoms with E-state index in [0.29, 0.717) is 6.54 Å². The van der Waals surface area contributed by atoms with Crippen molar-refractivity contribution in [2.24, 2.45) is 4.99 Å². The van der Waals surface area contributed by atoms with E-state index in [1.54, 1.807) is 0 Å². The van der Waals surface area contributed by atoms with Crippen LogP contribution in [0.4, 0.5) is 0 Å². The van der Waals surface area contributed by atoms with E-state index in [2.05, 4.69) is 29.0 Å². The van der Waals surface area contributed by atoms with Crippen molar-refractivity contribution in [2.75, 3.05) is 19.7 Å². The molecule has 0 aliphatic carbocycles. The minimum absolute atomic E-state index is 0.162. The molecule has 1 aliphatic heterocycles. The van der Waals surface area contributed by atoms with Crippen LogP contribution in [0.3, 0.4) is 0 Å². The number of nitrogens with zero attached hydrogens (tertiary/aromatic N) is 2. The van der Waals surface area contributed by atoms with Crippen LogP contribution in [0.2, 0.25) is 0 Å². The van der Waals surface area contributed by atoms with Crippen LogP contribution in [0.1, 0.15) is 90.4 Å². The molecule has 0 bridgehead atoms. The van der Waals surface area contributed by atoms with Crippen molar-refractivity contribution in [1.29, 1.82) is 0 Å². The molecule has 0 spiro atoms. The first-order chi connectivity index (χ1) is 11.9. The Bertz CT molecular complexity index is 328. The molecule has 1 rings (SSSR count). The zero-order chi connectivity index (χ0) is 17.3. The van der Waals surface area contributed by atoms with Crippen molar-refractivity contribution in [2.45, 2.75) is 96.6 Å². The van der Waals surface area contributed by atoms with Crippen LogP contribution in [0.15, 0.2) is 17.1 Å². The van der Waals surface area contributed by atoms with E-state index in [4.69, 9.17) is 5.11 Å². The Balaban J connectivity index is 1.83. The quantitative estimate of drug-likeness (QED) is 0.305. The maximum atomic E-state index is 9.02. The Kier molecular flexibility index (Phi) is 14.1. The first-order valence-electron chi connectivity index (χ1n) is 10.4. The van der Waals surface area contributed by atoms with Gasteiger partial charge in [-0.1, -0.05) is 83.6 Å². The molecule has 0 amide bonds. The average Bonchev–Trinajstić information content (AvgIpc) is 3.03. The average molecular weight is 337 g/mol. The molecule has 0 saturated carbocycles. The Labute approximate surface area is 150 Å². The van der Waals surface area contributed by atoms with Crippen LogP contribution in [0, 0.1) is 0 Å². The molecule has 1 atom stereocenters. The third-order valence-corrected chi connectivity index (χ3v) is 4.87. The predicted octanol–water partition coefficient (Wildman–Crippen LogP) is 5.34. The molecule has 1 aliphatic rings. The van der Waals surface area contributed by atoms with Gasteiger partial charge in [-0.2, -0.15) is 0 Å². The third-order valence-electron chi connectivity index (χ3n) is 4.87. The summed E-state index contributed by atoms with van der Waals surface area (Å²) in [6.45, 7) is 4.08.